The molecule has 0 aromatic heterocycles. The van der Waals surface area contributed by atoms with Crippen molar-refractivity contribution in [1.29, 1.82) is 0 Å². The van der Waals surface area contributed by atoms with Gasteiger partial charge in [-0.25, -0.2) is 13.6 Å². The number of hydrogen-bond acceptors (Lipinski definition) is 5. The van der Waals surface area contributed by atoms with E-state index in [1.807, 2.05) is 0 Å². The Bertz CT molecular complexity index is 593. The number of nitrogen functional groups attached to an aromatic ring is 1. The van der Waals surface area contributed by atoms with Crippen molar-refractivity contribution in [3.8, 4) is 0 Å². The number of anilines is 2. The molecule has 1 aromatic carbocycles. The third kappa shape index (κ3) is 4.09. The molecule has 118 valence electrons. The molecule has 0 radical (unpaired) electrons. The number of hydrogen-bond donors (Lipinski definition) is 2. The summed E-state index contributed by atoms with van der Waals surface area (Å²) in [6.07, 6.45) is 2.24. The van der Waals surface area contributed by atoms with Crippen LogP contribution in [-0.2, 0) is 10.0 Å². The second-order valence-corrected chi connectivity index (χ2v) is 7.52. The van der Waals surface area contributed by atoms with E-state index >= 15 is 0 Å². The number of primary sulfonamides is 1. The van der Waals surface area contributed by atoms with Crippen LogP contribution < -0.4 is 15.8 Å². The molecular weight excluding hydrogens is 288 g/mol. The van der Waals surface area contributed by atoms with E-state index in [0.29, 0.717) is 11.6 Å². The molecule has 0 unspecified atom stereocenters. The Morgan fingerprint density at radius 1 is 1.29 bits per heavy atom. The summed E-state index contributed by atoms with van der Waals surface area (Å²) in [7, 11) is 0.488. The van der Waals surface area contributed by atoms with Crippen LogP contribution in [0.4, 0.5) is 11.4 Å². The average Bonchev–Trinajstić information content (AvgIpc) is 2.38. The van der Waals surface area contributed by atoms with Gasteiger partial charge >= 0.3 is 0 Å². The van der Waals surface area contributed by atoms with Crippen LogP contribution in [-0.4, -0.2) is 47.0 Å². The van der Waals surface area contributed by atoms with Crippen LogP contribution in [0.15, 0.2) is 23.1 Å². The zero-order valence-electron chi connectivity index (χ0n) is 12.6. The average molecular weight is 312 g/mol. The number of benzene rings is 1. The van der Waals surface area contributed by atoms with Crippen molar-refractivity contribution in [2.24, 2.45) is 11.1 Å². The van der Waals surface area contributed by atoms with E-state index in [2.05, 4.69) is 23.9 Å². The highest BCUT2D eigenvalue weighted by Crippen LogP contribution is 2.29. The van der Waals surface area contributed by atoms with E-state index in [1.165, 1.54) is 12.1 Å². The van der Waals surface area contributed by atoms with E-state index in [0.717, 1.165) is 38.2 Å². The summed E-state index contributed by atoms with van der Waals surface area (Å²) >= 11 is 0. The molecule has 7 heteroatoms. The lowest BCUT2D eigenvalue weighted by atomic mass is 9.96. The Morgan fingerprint density at radius 2 is 1.90 bits per heavy atom. The van der Waals surface area contributed by atoms with Crippen LogP contribution in [0.3, 0.4) is 0 Å². The molecule has 0 saturated carbocycles. The maximum Gasteiger partial charge on any atom is 0.238 e. The molecule has 1 fully saturated rings. The monoisotopic (exact) mass is 312 g/mol. The number of piperidine rings is 1. The predicted octanol–water partition coefficient (Wildman–Crippen LogP) is 0.694. The third-order valence-electron chi connectivity index (χ3n) is 3.91. The van der Waals surface area contributed by atoms with Gasteiger partial charge in [0.15, 0.2) is 0 Å². The first-order valence-electron chi connectivity index (χ1n) is 7.09. The fraction of sp³-hybridized carbons (Fsp3) is 0.571. The van der Waals surface area contributed by atoms with Gasteiger partial charge < -0.3 is 15.5 Å². The number of rotatable bonds is 4. The summed E-state index contributed by atoms with van der Waals surface area (Å²) in [5, 5.41) is 5.12. The first-order chi connectivity index (χ1) is 9.77. The third-order valence-corrected chi connectivity index (χ3v) is 4.82. The smallest absolute Gasteiger partial charge is 0.238 e. The minimum Gasteiger partial charge on any atom is -0.397 e. The molecule has 1 aliphatic heterocycles. The maximum absolute atomic E-state index is 11.3. The number of sulfonamides is 1. The highest BCUT2D eigenvalue weighted by molar-refractivity contribution is 7.89. The molecule has 2 rings (SSSR count). The van der Waals surface area contributed by atoms with Crippen LogP contribution in [0.1, 0.15) is 12.8 Å². The first kappa shape index (κ1) is 16.1. The van der Waals surface area contributed by atoms with E-state index in [9.17, 15) is 8.42 Å². The normalized spacial score (nSPS) is 17.4. The van der Waals surface area contributed by atoms with Gasteiger partial charge in [0, 0.05) is 19.6 Å². The van der Waals surface area contributed by atoms with Gasteiger partial charge in [0.2, 0.25) is 10.0 Å². The van der Waals surface area contributed by atoms with Crippen molar-refractivity contribution in [1.82, 2.24) is 4.90 Å². The molecule has 0 spiro atoms. The Labute approximate surface area is 126 Å². The minimum absolute atomic E-state index is 0.0613. The predicted molar refractivity (Wildman–Crippen MR) is 85.7 cm³/mol. The summed E-state index contributed by atoms with van der Waals surface area (Å²) in [6, 6.07) is 4.71. The largest absolute Gasteiger partial charge is 0.397 e. The maximum atomic E-state index is 11.3. The van der Waals surface area contributed by atoms with E-state index in [1.54, 1.807) is 6.07 Å². The zero-order valence-corrected chi connectivity index (χ0v) is 13.4. The van der Waals surface area contributed by atoms with Crippen molar-refractivity contribution in [3.63, 3.8) is 0 Å². The van der Waals surface area contributed by atoms with Crippen LogP contribution in [0.25, 0.3) is 0 Å². The van der Waals surface area contributed by atoms with Crippen LogP contribution in [0, 0.1) is 5.92 Å². The van der Waals surface area contributed by atoms with E-state index < -0.39 is 10.0 Å². The summed E-state index contributed by atoms with van der Waals surface area (Å²) in [4.78, 5) is 4.50. The Morgan fingerprint density at radius 3 is 2.38 bits per heavy atom. The minimum atomic E-state index is -3.70. The number of nitrogens with two attached hydrogens (primary N) is 2. The Balaban J connectivity index is 2.07. The fourth-order valence-corrected chi connectivity index (χ4v) is 3.42. The van der Waals surface area contributed by atoms with Crippen molar-refractivity contribution >= 4 is 21.4 Å². The van der Waals surface area contributed by atoms with Gasteiger partial charge in [-0.3, -0.25) is 0 Å². The summed E-state index contributed by atoms with van der Waals surface area (Å²) < 4.78 is 22.6. The SMILES string of the molecule is CN(C)CC1CCN(c2ccc(S(N)(=O)=O)cc2N)CC1. The van der Waals surface area contributed by atoms with Gasteiger partial charge in [-0.15, -0.1) is 0 Å². The molecule has 6 nitrogen and oxygen atoms in total. The molecule has 21 heavy (non-hydrogen) atoms. The molecule has 0 bridgehead atoms. The Kier molecular flexibility index (Phi) is 4.75. The topological polar surface area (TPSA) is 92.7 Å². The van der Waals surface area contributed by atoms with Gasteiger partial charge in [0.05, 0.1) is 16.3 Å². The van der Waals surface area contributed by atoms with Gasteiger partial charge in [-0.2, -0.15) is 0 Å². The Hall–Kier alpha value is -1.31. The lowest BCUT2D eigenvalue weighted by Crippen LogP contribution is -2.37. The molecular formula is C14H24N4O2S. The molecule has 4 N–H and O–H groups in total. The second-order valence-electron chi connectivity index (χ2n) is 5.96. The van der Waals surface area contributed by atoms with Crippen molar-refractivity contribution < 1.29 is 8.42 Å². The van der Waals surface area contributed by atoms with E-state index in [-0.39, 0.29) is 4.90 Å². The lowest BCUT2D eigenvalue weighted by Gasteiger charge is -2.35. The highest BCUT2D eigenvalue weighted by Gasteiger charge is 2.21. The molecule has 0 amide bonds. The summed E-state index contributed by atoms with van der Waals surface area (Å²) in [6.45, 7) is 2.99. The van der Waals surface area contributed by atoms with Gasteiger partial charge in [0.25, 0.3) is 0 Å². The van der Waals surface area contributed by atoms with Crippen LogP contribution in [0.2, 0.25) is 0 Å². The molecule has 1 heterocycles. The second kappa shape index (κ2) is 6.21. The van der Waals surface area contributed by atoms with Crippen molar-refractivity contribution in [3.05, 3.63) is 18.2 Å². The van der Waals surface area contributed by atoms with Crippen molar-refractivity contribution in [2.75, 3.05) is 44.4 Å². The van der Waals surface area contributed by atoms with Gasteiger partial charge in [0.1, 0.15) is 0 Å². The first-order valence-corrected chi connectivity index (χ1v) is 8.64. The quantitative estimate of drug-likeness (QED) is 0.798. The molecule has 1 aromatic rings. The summed E-state index contributed by atoms with van der Waals surface area (Å²) in [5.41, 5.74) is 7.35. The standard InChI is InChI=1S/C14H24N4O2S/c1-17(2)10-11-5-7-18(8-6-11)14-4-3-12(9-13(14)15)21(16,19)20/h3-4,9,11H,5-8,10,15H2,1-2H3,(H2,16,19,20). The van der Waals surface area contributed by atoms with E-state index in [4.69, 9.17) is 10.9 Å². The highest BCUT2D eigenvalue weighted by atomic mass is 32.2. The molecule has 0 aliphatic carbocycles. The molecule has 1 aliphatic rings. The molecule has 0 atom stereocenters. The lowest BCUT2D eigenvalue weighted by molar-refractivity contribution is 0.285. The van der Waals surface area contributed by atoms with Crippen LogP contribution >= 0.6 is 0 Å². The fourth-order valence-electron chi connectivity index (χ4n) is 2.87. The number of nitrogens with zero attached hydrogens (tertiary/aromatic N) is 2. The van der Waals surface area contributed by atoms with Crippen molar-refractivity contribution in [2.45, 2.75) is 17.7 Å². The zero-order chi connectivity index (χ0) is 15.6. The van der Waals surface area contributed by atoms with Crippen LogP contribution in [0.5, 0.6) is 0 Å². The van der Waals surface area contributed by atoms with Gasteiger partial charge in [-0.1, -0.05) is 0 Å². The summed E-state index contributed by atoms with van der Waals surface area (Å²) in [5.74, 6) is 0.709. The van der Waals surface area contributed by atoms with Gasteiger partial charge in [-0.05, 0) is 51.1 Å². The molecule has 1 saturated heterocycles.